The molecule has 1 aromatic rings. The van der Waals surface area contributed by atoms with Crippen LogP contribution in [0.4, 0.5) is 0 Å². The lowest BCUT2D eigenvalue weighted by Crippen LogP contribution is -1.98. The summed E-state index contributed by atoms with van der Waals surface area (Å²) >= 11 is 0. The second-order valence-corrected chi connectivity index (χ2v) is 4.08. The summed E-state index contributed by atoms with van der Waals surface area (Å²) in [7, 11) is -3.91. The summed E-state index contributed by atoms with van der Waals surface area (Å²) in [6, 6.07) is 1.65. The van der Waals surface area contributed by atoms with Crippen molar-refractivity contribution in [2.45, 2.75) is 6.42 Å². The van der Waals surface area contributed by atoms with E-state index in [-0.39, 0.29) is 12.6 Å². The van der Waals surface area contributed by atoms with Gasteiger partial charge in [-0.15, -0.1) is 0 Å². The standard InChI is InChI=1S/C6H9N2O3P/c9-12(10,11)5-2-6-7-3-1-4-8-6/h1,3-4H,2,5H2,(H2,9,10,11). The van der Waals surface area contributed by atoms with Crippen LogP contribution in [0.25, 0.3) is 0 Å². The Balaban J connectivity index is 2.50. The van der Waals surface area contributed by atoms with Crippen molar-refractivity contribution in [1.82, 2.24) is 9.97 Å². The van der Waals surface area contributed by atoms with Crippen LogP contribution in [0, 0.1) is 0 Å². The third-order valence-corrected chi connectivity index (χ3v) is 2.05. The Labute approximate surface area is 69.7 Å². The normalized spacial score (nSPS) is 11.5. The summed E-state index contributed by atoms with van der Waals surface area (Å²) in [4.78, 5) is 24.7. The lowest BCUT2D eigenvalue weighted by atomic mass is 10.4. The highest BCUT2D eigenvalue weighted by Crippen LogP contribution is 2.34. The molecule has 0 atom stereocenters. The van der Waals surface area contributed by atoms with Gasteiger partial charge in [0, 0.05) is 18.8 Å². The number of nitrogens with zero attached hydrogens (tertiary/aromatic N) is 2. The highest BCUT2D eigenvalue weighted by atomic mass is 31.2. The minimum atomic E-state index is -3.91. The first-order valence-corrected chi connectivity index (χ1v) is 5.18. The molecular formula is C6H9N2O3P. The molecule has 6 heteroatoms. The molecular weight excluding hydrogens is 179 g/mol. The van der Waals surface area contributed by atoms with Crippen LogP contribution in [0.5, 0.6) is 0 Å². The van der Waals surface area contributed by atoms with Gasteiger partial charge in [-0.25, -0.2) is 9.97 Å². The predicted molar refractivity (Wildman–Crippen MR) is 42.6 cm³/mol. The molecule has 66 valence electrons. The molecule has 0 amide bonds. The van der Waals surface area contributed by atoms with Crippen LogP contribution in [-0.4, -0.2) is 25.9 Å². The van der Waals surface area contributed by atoms with Crippen molar-refractivity contribution >= 4 is 7.60 Å². The maximum absolute atomic E-state index is 10.4. The smallest absolute Gasteiger partial charge is 0.324 e. The summed E-state index contributed by atoms with van der Waals surface area (Å²) in [6.45, 7) is 0. The van der Waals surface area contributed by atoms with Crippen LogP contribution < -0.4 is 0 Å². The summed E-state index contributed by atoms with van der Waals surface area (Å²) in [6.07, 6.45) is 3.10. The number of hydrogen-bond acceptors (Lipinski definition) is 3. The molecule has 0 spiro atoms. The molecule has 0 saturated carbocycles. The molecule has 0 saturated heterocycles. The van der Waals surface area contributed by atoms with Gasteiger partial charge in [0.05, 0.1) is 6.16 Å². The van der Waals surface area contributed by atoms with E-state index in [1.807, 2.05) is 0 Å². The molecule has 1 heterocycles. The van der Waals surface area contributed by atoms with Crippen LogP contribution in [-0.2, 0) is 11.0 Å². The van der Waals surface area contributed by atoms with Gasteiger partial charge in [-0.3, -0.25) is 4.57 Å². The Kier molecular flexibility index (Phi) is 2.92. The highest BCUT2D eigenvalue weighted by molar-refractivity contribution is 7.51. The molecule has 0 unspecified atom stereocenters. The van der Waals surface area contributed by atoms with Crippen molar-refractivity contribution in [3.63, 3.8) is 0 Å². The molecule has 1 aromatic heterocycles. The summed E-state index contributed by atoms with van der Waals surface area (Å²) in [5.74, 6) is 0.459. The van der Waals surface area contributed by atoms with Gasteiger partial charge in [-0.05, 0) is 6.07 Å². The van der Waals surface area contributed by atoms with Crippen LogP contribution >= 0.6 is 7.60 Å². The molecule has 12 heavy (non-hydrogen) atoms. The second-order valence-electron chi connectivity index (χ2n) is 2.30. The van der Waals surface area contributed by atoms with Crippen LogP contribution in [0.1, 0.15) is 5.82 Å². The molecule has 5 nitrogen and oxygen atoms in total. The van der Waals surface area contributed by atoms with Gasteiger partial charge in [-0.2, -0.15) is 0 Å². The first-order valence-electron chi connectivity index (χ1n) is 3.38. The van der Waals surface area contributed by atoms with Gasteiger partial charge in [0.25, 0.3) is 0 Å². The Morgan fingerprint density at radius 2 is 1.92 bits per heavy atom. The van der Waals surface area contributed by atoms with E-state index in [2.05, 4.69) is 9.97 Å². The third kappa shape index (κ3) is 3.57. The van der Waals surface area contributed by atoms with E-state index in [0.717, 1.165) is 0 Å². The number of hydrogen-bond donors (Lipinski definition) is 2. The minimum Gasteiger partial charge on any atom is -0.324 e. The van der Waals surface area contributed by atoms with Gasteiger partial charge < -0.3 is 9.79 Å². The second kappa shape index (κ2) is 3.76. The Bertz CT molecular complexity index is 284. The van der Waals surface area contributed by atoms with Crippen LogP contribution in [0.15, 0.2) is 18.5 Å². The summed E-state index contributed by atoms with van der Waals surface area (Å²) in [5.41, 5.74) is 0. The van der Waals surface area contributed by atoms with Crippen LogP contribution in [0.3, 0.4) is 0 Å². The fourth-order valence-electron chi connectivity index (χ4n) is 0.705. The van der Waals surface area contributed by atoms with Gasteiger partial charge in [0.2, 0.25) is 0 Å². The fraction of sp³-hybridized carbons (Fsp3) is 0.333. The van der Waals surface area contributed by atoms with E-state index in [1.54, 1.807) is 18.5 Å². The van der Waals surface area contributed by atoms with E-state index < -0.39 is 7.60 Å². The zero-order chi connectivity index (χ0) is 9.03. The van der Waals surface area contributed by atoms with Gasteiger partial charge in [-0.1, -0.05) is 0 Å². The molecule has 1 rings (SSSR count). The Morgan fingerprint density at radius 3 is 2.42 bits per heavy atom. The first-order chi connectivity index (χ1) is 5.58. The van der Waals surface area contributed by atoms with Crippen molar-refractivity contribution < 1.29 is 14.4 Å². The van der Waals surface area contributed by atoms with Crippen molar-refractivity contribution in [2.75, 3.05) is 6.16 Å². The lowest BCUT2D eigenvalue weighted by Gasteiger charge is -2.01. The van der Waals surface area contributed by atoms with Crippen molar-refractivity contribution in [1.29, 1.82) is 0 Å². The van der Waals surface area contributed by atoms with Gasteiger partial charge >= 0.3 is 7.60 Å². The van der Waals surface area contributed by atoms with Crippen LogP contribution in [0.2, 0.25) is 0 Å². The molecule has 0 aliphatic carbocycles. The maximum atomic E-state index is 10.4. The number of rotatable bonds is 3. The molecule has 0 aromatic carbocycles. The molecule has 0 fully saturated rings. The average Bonchev–Trinajstić information content (AvgIpc) is 2.02. The van der Waals surface area contributed by atoms with Crippen molar-refractivity contribution in [3.05, 3.63) is 24.3 Å². The molecule has 0 aliphatic rings. The van der Waals surface area contributed by atoms with Gasteiger partial charge in [0.1, 0.15) is 5.82 Å². The Morgan fingerprint density at radius 1 is 1.33 bits per heavy atom. The molecule has 2 N–H and O–H groups in total. The highest BCUT2D eigenvalue weighted by Gasteiger charge is 2.12. The fourth-order valence-corrected chi connectivity index (χ4v) is 1.20. The summed E-state index contributed by atoms with van der Waals surface area (Å²) in [5, 5.41) is 0. The average molecular weight is 188 g/mol. The molecule has 0 radical (unpaired) electrons. The van der Waals surface area contributed by atoms with E-state index in [4.69, 9.17) is 9.79 Å². The molecule has 0 bridgehead atoms. The maximum Gasteiger partial charge on any atom is 0.326 e. The quantitative estimate of drug-likeness (QED) is 0.662. The van der Waals surface area contributed by atoms with E-state index in [0.29, 0.717) is 5.82 Å². The zero-order valence-corrected chi connectivity index (χ0v) is 7.19. The SMILES string of the molecule is O=P(O)(O)CCc1ncccn1. The van der Waals surface area contributed by atoms with E-state index in [1.165, 1.54) is 0 Å². The topological polar surface area (TPSA) is 83.3 Å². The molecule has 0 aliphatic heterocycles. The largest absolute Gasteiger partial charge is 0.326 e. The minimum absolute atomic E-state index is 0.197. The Hall–Kier alpha value is -0.770. The zero-order valence-electron chi connectivity index (χ0n) is 6.29. The summed E-state index contributed by atoms with van der Waals surface area (Å²) < 4.78 is 10.4. The van der Waals surface area contributed by atoms with Crippen molar-refractivity contribution in [3.8, 4) is 0 Å². The van der Waals surface area contributed by atoms with Gasteiger partial charge in [0.15, 0.2) is 0 Å². The number of aryl methyl sites for hydroxylation is 1. The van der Waals surface area contributed by atoms with Crippen molar-refractivity contribution in [2.24, 2.45) is 0 Å². The lowest BCUT2D eigenvalue weighted by molar-refractivity contribution is 0.372. The number of aromatic nitrogens is 2. The third-order valence-electron chi connectivity index (χ3n) is 1.25. The van der Waals surface area contributed by atoms with E-state index in [9.17, 15) is 4.57 Å². The first kappa shape index (κ1) is 9.32. The monoisotopic (exact) mass is 188 g/mol. The predicted octanol–water partition coefficient (Wildman–Crippen LogP) is 0.197. The van der Waals surface area contributed by atoms with E-state index >= 15 is 0 Å².